The van der Waals surface area contributed by atoms with E-state index in [4.69, 9.17) is 4.74 Å². The van der Waals surface area contributed by atoms with Gasteiger partial charge in [-0.25, -0.2) is 13.2 Å². The highest BCUT2D eigenvalue weighted by Gasteiger charge is 2.36. The lowest BCUT2D eigenvalue weighted by molar-refractivity contribution is -0.135. The Kier molecular flexibility index (Phi) is 9.73. The summed E-state index contributed by atoms with van der Waals surface area (Å²) in [4.78, 5) is 33.4. The number of methoxy groups -OCH3 is 1. The lowest BCUT2D eigenvalue weighted by Crippen LogP contribution is -2.54. The second kappa shape index (κ2) is 14.0. The van der Waals surface area contributed by atoms with E-state index in [0.717, 1.165) is 42.7 Å². The molecule has 0 aliphatic carbocycles. The molecule has 1 N–H and O–H groups in total. The fourth-order valence-corrected chi connectivity index (χ4v) is 8.43. The van der Waals surface area contributed by atoms with Crippen LogP contribution >= 0.6 is 0 Å². The summed E-state index contributed by atoms with van der Waals surface area (Å²) >= 11 is 0. The van der Waals surface area contributed by atoms with Crippen molar-refractivity contribution in [3.63, 3.8) is 0 Å². The van der Waals surface area contributed by atoms with Crippen molar-refractivity contribution in [2.24, 2.45) is 0 Å². The Bertz CT molecular complexity index is 1970. The minimum Gasteiger partial charge on any atom is -0.497 e. The predicted octanol–water partition coefficient (Wildman–Crippen LogP) is 3.96. The monoisotopic (exact) mass is 670 g/mol. The van der Waals surface area contributed by atoms with Crippen molar-refractivity contribution in [3.05, 3.63) is 94.4 Å². The maximum absolute atomic E-state index is 14.7. The minimum absolute atomic E-state index is 0.0782. The fourth-order valence-electron chi connectivity index (χ4n) is 7.04. The van der Waals surface area contributed by atoms with Crippen LogP contribution < -0.4 is 15.7 Å². The molecule has 2 atom stereocenters. The predicted molar refractivity (Wildman–Crippen MR) is 184 cm³/mol. The molecule has 2 saturated heterocycles. The summed E-state index contributed by atoms with van der Waals surface area (Å²) in [5.41, 5.74) is 0.155. The number of carbonyl (C=O) groups excluding carboxylic acids is 1. The molecular weight excluding hydrogens is 629 g/mol. The van der Waals surface area contributed by atoms with Crippen LogP contribution in [0.25, 0.3) is 11.0 Å². The smallest absolute Gasteiger partial charge is 0.344 e. The third kappa shape index (κ3) is 6.50. The van der Waals surface area contributed by atoms with Crippen LogP contribution in [0.5, 0.6) is 5.75 Å². The number of imidazole rings is 1. The summed E-state index contributed by atoms with van der Waals surface area (Å²) in [7, 11) is -2.94. The maximum atomic E-state index is 14.7. The molecule has 3 aromatic carbocycles. The number of amides is 1. The molecule has 2 fully saturated rings. The molecule has 0 bridgehead atoms. The number of fused-ring (bicyclic) bond motifs is 1. The van der Waals surface area contributed by atoms with Gasteiger partial charge in [0, 0.05) is 31.2 Å². The van der Waals surface area contributed by atoms with Crippen LogP contribution in [0.3, 0.4) is 0 Å². The van der Waals surface area contributed by atoms with Gasteiger partial charge in [-0.15, -0.1) is 0 Å². The van der Waals surface area contributed by atoms with E-state index in [-0.39, 0.29) is 33.4 Å². The summed E-state index contributed by atoms with van der Waals surface area (Å²) < 4.78 is 35.4. The Morgan fingerprint density at radius 3 is 2.29 bits per heavy atom. The summed E-state index contributed by atoms with van der Waals surface area (Å²) in [6.45, 7) is 7.52. The van der Waals surface area contributed by atoms with Crippen LogP contribution in [0.15, 0.2) is 82.5 Å². The van der Waals surface area contributed by atoms with E-state index in [2.05, 4.69) is 30.1 Å². The molecule has 252 valence electrons. The van der Waals surface area contributed by atoms with Gasteiger partial charge in [0.2, 0.25) is 0 Å². The number of nitriles is 1. The third-order valence-electron chi connectivity index (χ3n) is 9.63. The average molecular weight is 671 g/mol. The van der Waals surface area contributed by atoms with Gasteiger partial charge in [-0.1, -0.05) is 30.3 Å². The van der Waals surface area contributed by atoms with Crippen molar-refractivity contribution in [1.29, 1.82) is 5.26 Å². The van der Waals surface area contributed by atoms with Crippen molar-refractivity contribution in [2.45, 2.75) is 68.6 Å². The van der Waals surface area contributed by atoms with Gasteiger partial charge in [-0.05, 0) is 101 Å². The summed E-state index contributed by atoms with van der Waals surface area (Å²) in [6, 6.07) is 21.0. The van der Waals surface area contributed by atoms with Gasteiger partial charge in [-0.3, -0.25) is 9.36 Å². The summed E-state index contributed by atoms with van der Waals surface area (Å²) in [5, 5.41) is 13.6. The van der Waals surface area contributed by atoms with Crippen LogP contribution in [0.4, 0.5) is 0 Å². The molecule has 48 heavy (non-hydrogen) atoms. The van der Waals surface area contributed by atoms with Gasteiger partial charge in [0.05, 0.1) is 34.7 Å². The number of nitrogens with zero attached hydrogens (tertiary/aromatic N) is 5. The Labute approximate surface area is 281 Å². The zero-order valence-corrected chi connectivity index (χ0v) is 28.4. The first-order valence-corrected chi connectivity index (χ1v) is 18.0. The summed E-state index contributed by atoms with van der Waals surface area (Å²) in [6.07, 6.45) is 3.84. The van der Waals surface area contributed by atoms with Crippen molar-refractivity contribution in [1.82, 2.24) is 23.7 Å². The number of likely N-dealkylation sites (tertiary alicyclic amines) is 2. The zero-order valence-electron chi connectivity index (χ0n) is 27.6. The quantitative estimate of drug-likeness (QED) is 0.283. The van der Waals surface area contributed by atoms with Crippen LogP contribution in [-0.2, 0) is 14.8 Å². The normalized spacial score (nSPS) is 18.6. The van der Waals surface area contributed by atoms with Gasteiger partial charge in [-0.2, -0.15) is 9.23 Å². The second-order valence-electron chi connectivity index (χ2n) is 12.9. The first-order valence-electron chi connectivity index (χ1n) is 16.5. The number of benzene rings is 3. The Morgan fingerprint density at radius 1 is 0.938 bits per heavy atom. The van der Waals surface area contributed by atoms with E-state index in [9.17, 15) is 23.3 Å². The Morgan fingerprint density at radius 2 is 1.65 bits per heavy atom. The van der Waals surface area contributed by atoms with Crippen LogP contribution in [0, 0.1) is 11.3 Å². The van der Waals surface area contributed by atoms with E-state index >= 15 is 0 Å². The standard InChI is InChI=1S/C36H42N6O5S/c1-25(2)39-20-17-28(18-21-39)38-29-10-7-19-40(24-29)35(43)34(27-8-5-4-6-9-27)41-33-22-26(23-37)11-16-32(33)42(36(41)44)48(45,46)31-14-12-30(47-3)13-15-31/h4-6,8-9,11-16,22,25,28-29,34,38H,7,10,17-21,24H2,1-3H3/t29-,34?/m1/s1. The third-order valence-corrected chi connectivity index (χ3v) is 11.3. The Hall–Kier alpha value is -4.44. The van der Waals surface area contributed by atoms with Gasteiger partial charge in [0.1, 0.15) is 11.8 Å². The highest BCUT2D eigenvalue weighted by molar-refractivity contribution is 7.90. The van der Waals surface area contributed by atoms with E-state index in [1.807, 2.05) is 6.07 Å². The van der Waals surface area contributed by atoms with Crippen molar-refractivity contribution < 1.29 is 17.9 Å². The van der Waals surface area contributed by atoms with E-state index in [0.29, 0.717) is 36.5 Å². The molecule has 0 saturated carbocycles. The van der Waals surface area contributed by atoms with Gasteiger partial charge < -0.3 is 19.9 Å². The molecule has 0 radical (unpaired) electrons. The molecule has 6 rings (SSSR count). The minimum atomic E-state index is -4.41. The van der Waals surface area contributed by atoms with Crippen LogP contribution in [-0.4, -0.2) is 84.1 Å². The molecule has 2 aliphatic heterocycles. The summed E-state index contributed by atoms with van der Waals surface area (Å²) in [5.74, 6) is 0.167. The van der Waals surface area contributed by atoms with E-state index < -0.39 is 21.8 Å². The van der Waals surface area contributed by atoms with E-state index in [1.165, 1.54) is 54.1 Å². The largest absolute Gasteiger partial charge is 0.497 e. The molecular formula is C36H42N6O5S. The average Bonchev–Trinajstić information content (AvgIpc) is 3.40. The van der Waals surface area contributed by atoms with Crippen molar-refractivity contribution in [2.75, 3.05) is 33.3 Å². The molecule has 4 aromatic rings. The number of ether oxygens (including phenoxy) is 1. The van der Waals surface area contributed by atoms with Crippen LogP contribution in [0.1, 0.15) is 56.7 Å². The SMILES string of the molecule is COc1ccc(S(=O)(=O)n2c(=O)n(C(C(=O)N3CCC[C@@H](NC4CCN(C(C)C)CC4)C3)c3ccccc3)c3cc(C#N)ccc32)cc1. The van der Waals surface area contributed by atoms with Crippen molar-refractivity contribution >= 4 is 27.0 Å². The molecule has 0 spiro atoms. The number of piperidine rings is 2. The molecule has 2 aliphatic rings. The fraction of sp³-hybridized carbons (Fsp3) is 0.417. The maximum Gasteiger partial charge on any atom is 0.344 e. The first kappa shape index (κ1) is 33.5. The Balaban J connectivity index is 1.40. The molecule has 1 amide bonds. The highest BCUT2D eigenvalue weighted by Crippen LogP contribution is 2.29. The van der Waals surface area contributed by atoms with Gasteiger partial charge >= 0.3 is 5.69 Å². The number of hydrogen-bond acceptors (Lipinski definition) is 8. The first-order chi connectivity index (χ1) is 23.1. The molecule has 3 heterocycles. The van der Waals surface area contributed by atoms with Crippen LogP contribution in [0.2, 0.25) is 0 Å². The van der Waals surface area contributed by atoms with Gasteiger partial charge in [0.25, 0.3) is 15.9 Å². The number of rotatable bonds is 9. The molecule has 1 aromatic heterocycles. The van der Waals surface area contributed by atoms with Gasteiger partial charge in [0.15, 0.2) is 0 Å². The van der Waals surface area contributed by atoms with E-state index in [1.54, 1.807) is 29.2 Å². The zero-order chi connectivity index (χ0) is 34.0. The number of carbonyl (C=O) groups is 1. The lowest BCUT2D eigenvalue weighted by atomic mass is 9.98. The topological polar surface area (TPSA) is 130 Å². The second-order valence-corrected chi connectivity index (χ2v) is 14.7. The lowest BCUT2D eigenvalue weighted by Gasteiger charge is -2.40. The number of aromatic nitrogens is 2. The number of hydrogen-bond donors (Lipinski definition) is 1. The van der Waals surface area contributed by atoms with Crippen molar-refractivity contribution in [3.8, 4) is 11.8 Å². The highest BCUT2D eigenvalue weighted by atomic mass is 32.2. The molecule has 12 heteroatoms. The number of nitrogens with one attached hydrogen (secondary N) is 1. The molecule has 11 nitrogen and oxygen atoms in total. The molecule has 1 unspecified atom stereocenters.